The number of amides is 2. The zero-order valence-electron chi connectivity index (χ0n) is 18.2. The van der Waals surface area contributed by atoms with Gasteiger partial charge in [-0.25, -0.2) is 19.4 Å². The van der Waals surface area contributed by atoms with Crippen LogP contribution in [-0.2, 0) is 33.5 Å². The van der Waals surface area contributed by atoms with Gasteiger partial charge in [-0.3, -0.25) is 14.5 Å². The molecule has 2 amide bonds. The molecule has 1 aromatic rings. The number of anilines is 1. The average molecular weight is 582 g/mol. The van der Waals surface area contributed by atoms with Crippen LogP contribution in [0.1, 0.15) is 5.69 Å². The number of β-lactam (4-membered cyclic amide) rings is 1. The maximum Gasteiger partial charge on any atom is 0.493 e. The van der Waals surface area contributed by atoms with Crippen molar-refractivity contribution < 1.29 is 51.8 Å². The number of ether oxygens (including phenoxy) is 1. The van der Waals surface area contributed by atoms with Crippen molar-refractivity contribution in [2.45, 2.75) is 17.6 Å². The number of carbonyl (C=O) groups is 5. The molecule has 0 saturated carbocycles. The van der Waals surface area contributed by atoms with Gasteiger partial charge in [0, 0.05) is 22.1 Å². The van der Waals surface area contributed by atoms with Crippen molar-refractivity contribution in [2.75, 3.05) is 18.6 Å². The molecule has 1 aromatic heterocycles. The van der Waals surface area contributed by atoms with Gasteiger partial charge >= 0.3 is 24.1 Å². The number of nitrogens with one attached hydrogen (secondary N) is 1. The molecule has 0 unspecified atom stereocenters. The van der Waals surface area contributed by atoms with Crippen LogP contribution in [0.25, 0.3) is 0 Å². The highest BCUT2D eigenvalue weighted by molar-refractivity contribution is 8.08. The fraction of sp³-hybridized carbons (Fsp3) is 0.278. The molecule has 2 aliphatic rings. The van der Waals surface area contributed by atoms with Crippen molar-refractivity contribution in [3.8, 4) is 0 Å². The van der Waals surface area contributed by atoms with E-state index in [0.717, 1.165) is 58.3 Å². The van der Waals surface area contributed by atoms with Gasteiger partial charge in [0.05, 0.1) is 7.11 Å². The van der Waals surface area contributed by atoms with Crippen LogP contribution in [0.2, 0.25) is 0 Å². The van der Waals surface area contributed by atoms with Gasteiger partial charge in [-0.15, -0.1) is 23.1 Å². The molecular formula is C18H14F3N5O8S3. The molecule has 0 bridgehead atoms. The highest BCUT2D eigenvalue weighted by Crippen LogP contribution is 2.43. The molecular weight excluding hydrogens is 567 g/mol. The first-order valence-electron chi connectivity index (χ1n) is 9.55. The van der Waals surface area contributed by atoms with Crippen LogP contribution in [0, 0.1) is 0 Å². The summed E-state index contributed by atoms with van der Waals surface area (Å²) >= 11 is 2.79. The number of carboxylic acid groups (broad SMARTS) is 1. The van der Waals surface area contributed by atoms with Gasteiger partial charge in [0.25, 0.3) is 11.8 Å². The minimum absolute atomic E-state index is 0.0751. The van der Waals surface area contributed by atoms with Crippen molar-refractivity contribution in [3.63, 3.8) is 0 Å². The first-order chi connectivity index (χ1) is 17.3. The quantitative estimate of drug-likeness (QED) is 0.0972. The number of carboxylic acids is 1. The van der Waals surface area contributed by atoms with Gasteiger partial charge in [0.15, 0.2) is 10.8 Å². The second-order valence-corrected chi connectivity index (χ2v) is 9.76. The Bertz CT molecular complexity index is 1250. The molecule has 0 aliphatic carbocycles. The lowest BCUT2D eigenvalue weighted by Crippen LogP contribution is -2.71. The number of hydrogen-bond acceptors (Lipinski definition) is 13. The minimum Gasteiger partial charge on any atom is -0.477 e. The summed E-state index contributed by atoms with van der Waals surface area (Å²) in [5.74, 6) is -6.77. The van der Waals surface area contributed by atoms with Gasteiger partial charge in [0.1, 0.15) is 22.8 Å². The van der Waals surface area contributed by atoms with E-state index in [9.17, 15) is 42.3 Å². The van der Waals surface area contributed by atoms with Crippen molar-refractivity contribution in [3.05, 3.63) is 33.2 Å². The predicted molar refractivity (Wildman–Crippen MR) is 124 cm³/mol. The van der Waals surface area contributed by atoms with Crippen molar-refractivity contribution in [1.82, 2.24) is 15.2 Å². The Kier molecular flexibility index (Phi) is 8.49. The topological polar surface area (TPSA) is 191 Å². The summed E-state index contributed by atoms with van der Waals surface area (Å²) in [7, 11) is 1.16. The molecule has 0 aromatic carbocycles. The summed E-state index contributed by atoms with van der Waals surface area (Å²) < 4.78 is 41.9. The zero-order chi connectivity index (χ0) is 27.5. The van der Waals surface area contributed by atoms with Crippen LogP contribution in [0.4, 0.5) is 18.3 Å². The summed E-state index contributed by atoms with van der Waals surface area (Å²) in [5.41, 5.74) is 3.93. The van der Waals surface area contributed by atoms with Crippen LogP contribution in [0.3, 0.4) is 0 Å². The molecule has 13 nitrogen and oxygen atoms in total. The lowest BCUT2D eigenvalue weighted by molar-refractivity contribution is -0.199. The van der Waals surface area contributed by atoms with Crippen molar-refractivity contribution in [1.29, 1.82) is 0 Å². The maximum atomic E-state index is 12.8. The number of carbonyl (C=O) groups excluding carboxylic acids is 4. The number of aromatic nitrogens is 1. The van der Waals surface area contributed by atoms with E-state index in [1.165, 1.54) is 5.41 Å². The molecule has 3 rings (SSSR count). The molecule has 1 fully saturated rings. The van der Waals surface area contributed by atoms with Crippen molar-refractivity contribution in [2.24, 2.45) is 5.16 Å². The number of nitrogen functional groups attached to an aromatic ring is 1. The summed E-state index contributed by atoms with van der Waals surface area (Å²) in [6.45, 7) is 0. The number of thiazole rings is 1. The minimum atomic E-state index is -5.39. The average Bonchev–Trinajstić information content (AvgIpc) is 3.26. The lowest BCUT2D eigenvalue weighted by atomic mass is 10.0. The fourth-order valence-electron chi connectivity index (χ4n) is 2.87. The Morgan fingerprint density at radius 3 is 2.65 bits per heavy atom. The maximum absolute atomic E-state index is 12.8. The molecule has 2 atom stereocenters. The number of aliphatic carboxylic acids is 1. The van der Waals surface area contributed by atoms with Crippen molar-refractivity contribution >= 4 is 75.4 Å². The number of nitrogens with two attached hydrogens (primary N) is 1. The van der Waals surface area contributed by atoms with Gasteiger partial charge in [-0.2, -0.15) is 13.2 Å². The first-order valence-corrected chi connectivity index (χ1v) is 12.4. The van der Waals surface area contributed by atoms with Crippen LogP contribution in [-0.4, -0.2) is 80.9 Å². The highest BCUT2D eigenvalue weighted by Gasteiger charge is 2.54. The molecule has 0 radical (unpaired) electrons. The predicted octanol–water partition coefficient (Wildman–Crippen LogP) is 0.651. The zero-order valence-corrected chi connectivity index (χ0v) is 20.6. The first kappa shape index (κ1) is 28.0. The smallest absolute Gasteiger partial charge is 0.477 e. The van der Waals surface area contributed by atoms with E-state index in [1.807, 2.05) is 0 Å². The summed E-state index contributed by atoms with van der Waals surface area (Å²) in [5, 5.41) is 16.4. The van der Waals surface area contributed by atoms with Crippen LogP contribution in [0.5, 0.6) is 0 Å². The Morgan fingerprint density at radius 1 is 1.38 bits per heavy atom. The summed E-state index contributed by atoms with van der Waals surface area (Å²) in [6.07, 6.45) is -4.33. The third kappa shape index (κ3) is 6.23. The number of fused-ring (bicyclic) bond motifs is 1. The van der Waals surface area contributed by atoms with Gasteiger partial charge in [-0.1, -0.05) is 16.9 Å². The highest BCUT2D eigenvalue weighted by atomic mass is 32.2. The normalized spacial score (nSPS) is 19.8. The number of nitrogens with zero attached hydrogens (tertiary/aromatic N) is 3. The second-order valence-electron chi connectivity index (χ2n) is 6.77. The number of rotatable bonds is 8. The van der Waals surface area contributed by atoms with Gasteiger partial charge < -0.3 is 25.7 Å². The van der Waals surface area contributed by atoms with E-state index >= 15 is 0 Å². The number of alkyl halides is 3. The van der Waals surface area contributed by atoms with Gasteiger partial charge in [0.2, 0.25) is 0 Å². The summed E-state index contributed by atoms with van der Waals surface area (Å²) in [6, 6.07) is -1.29. The molecule has 1 saturated heterocycles. The lowest BCUT2D eigenvalue weighted by Gasteiger charge is -2.49. The van der Waals surface area contributed by atoms with Gasteiger partial charge in [-0.05, 0) is 5.41 Å². The Morgan fingerprint density at radius 2 is 2.08 bits per heavy atom. The van der Waals surface area contributed by atoms with E-state index in [1.54, 1.807) is 0 Å². The number of thioether (sulfide) groups is 2. The van der Waals surface area contributed by atoms with E-state index in [-0.39, 0.29) is 27.2 Å². The molecule has 2 aliphatic heterocycles. The largest absolute Gasteiger partial charge is 0.493 e. The Hall–Kier alpha value is -3.58. The standard InChI is InChI=1S/C18H14F3N5O8S3/c1-33-8(27)2-3-35-7-5-36-14-10(13(29)26(14)11(7)15(30)31)24-12(28)9(6-4-37-17(22)23-6)25-34-16(32)18(19,20)21/h2-4,10,14H,5H2,1H3,(H2,22,23)(H,24,28)(H,30,31)/t10-,14+/m1/s1. The number of oxime groups is 1. The van der Waals surface area contributed by atoms with E-state index in [4.69, 9.17) is 5.73 Å². The van der Waals surface area contributed by atoms with E-state index in [0.29, 0.717) is 0 Å². The molecule has 19 heteroatoms. The molecule has 4 N–H and O–H groups in total. The third-order valence-corrected chi connectivity index (χ3v) is 7.50. The third-order valence-electron chi connectivity index (χ3n) is 4.47. The number of esters is 1. The van der Waals surface area contributed by atoms with E-state index < -0.39 is 53.0 Å². The number of halogens is 3. The van der Waals surface area contributed by atoms with Crippen LogP contribution >= 0.6 is 34.9 Å². The Balaban J connectivity index is 1.80. The monoisotopic (exact) mass is 581 g/mol. The SMILES string of the molecule is COC(=O)C=CSC1=C(C(=O)O)N2C(=O)[C@@H](NC(=O)C(=NOC(=O)C(F)(F)F)c3csc(N)n3)[C@@H]2SC1. The van der Waals surface area contributed by atoms with Crippen LogP contribution < -0.4 is 11.1 Å². The number of hydrogen-bond donors (Lipinski definition) is 3. The number of methoxy groups -OCH3 is 1. The summed E-state index contributed by atoms with van der Waals surface area (Å²) in [4.78, 5) is 68.4. The Labute approximate surface area is 216 Å². The molecule has 0 spiro atoms. The molecule has 198 valence electrons. The van der Waals surface area contributed by atoms with E-state index in [2.05, 4.69) is 25.0 Å². The second kappa shape index (κ2) is 11.2. The fourth-order valence-corrected chi connectivity index (χ4v) is 5.73. The molecule has 3 heterocycles. The molecule has 37 heavy (non-hydrogen) atoms. The van der Waals surface area contributed by atoms with Crippen LogP contribution in [0.15, 0.2) is 32.6 Å².